The lowest BCUT2D eigenvalue weighted by Crippen LogP contribution is -2.28. The van der Waals surface area contributed by atoms with Crippen molar-refractivity contribution in [1.82, 2.24) is 0 Å². The lowest BCUT2D eigenvalue weighted by molar-refractivity contribution is -0.138. The highest BCUT2D eigenvalue weighted by molar-refractivity contribution is 5.68. The molecule has 2 rings (SSSR count). The maximum atomic E-state index is 13.5. The van der Waals surface area contributed by atoms with Crippen molar-refractivity contribution < 1.29 is 36.6 Å². The van der Waals surface area contributed by atoms with E-state index in [0.29, 0.717) is 0 Å². The Morgan fingerprint density at radius 3 is 1.22 bits per heavy atom. The van der Waals surface area contributed by atoms with E-state index in [1.807, 2.05) is 0 Å². The van der Waals surface area contributed by atoms with E-state index in [1.165, 1.54) is 0 Å². The molecule has 6 N–H and O–H groups in total. The number of anilines is 2. The number of halogens is 6. The molecule has 10 heteroatoms. The van der Waals surface area contributed by atoms with Crippen molar-refractivity contribution >= 4 is 11.4 Å². The van der Waals surface area contributed by atoms with Crippen molar-refractivity contribution in [2.75, 3.05) is 11.5 Å². The van der Waals surface area contributed by atoms with Gasteiger partial charge in [0.15, 0.2) is 0 Å². The van der Waals surface area contributed by atoms with Gasteiger partial charge in [0.25, 0.3) is 0 Å². The molecule has 0 saturated heterocycles. The first-order chi connectivity index (χ1) is 12.1. The van der Waals surface area contributed by atoms with Crippen molar-refractivity contribution in [1.29, 1.82) is 0 Å². The van der Waals surface area contributed by atoms with Gasteiger partial charge >= 0.3 is 12.4 Å². The van der Waals surface area contributed by atoms with Crippen LogP contribution in [0.2, 0.25) is 0 Å². The number of aromatic hydroxyl groups is 2. The van der Waals surface area contributed by atoms with Crippen LogP contribution >= 0.6 is 0 Å². The largest absolute Gasteiger partial charge is 0.506 e. The Morgan fingerprint density at radius 1 is 0.667 bits per heavy atom. The third-order valence-electron chi connectivity index (χ3n) is 4.36. The topological polar surface area (TPSA) is 92.5 Å². The minimum atomic E-state index is -5.03. The van der Waals surface area contributed by atoms with Crippen LogP contribution in [0.3, 0.4) is 0 Å². The first-order valence-electron chi connectivity index (χ1n) is 7.48. The van der Waals surface area contributed by atoms with Gasteiger partial charge in [-0.25, -0.2) is 0 Å². The van der Waals surface area contributed by atoms with E-state index in [1.54, 1.807) is 0 Å². The lowest BCUT2D eigenvalue weighted by Gasteiger charge is -2.33. The fourth-order valence-corrected chi connectivity index (χ4v) is 3.01. The number of alkyl halides is 6. The van der Waals surface area contributed by atoms with E-state index in [4.69, 9.17) is 11.5 Å². The zero-order valence-electron chi connectivity index (χ0n) is 14.1. The van der Waals surface area contributed by atoms with Crippen LogP contribution < -0.4 is 11.5 Å². The van der Waals surface area contributed by atoms with Gasteiger partial charge in [0.1, 0.15) is 11.5 Å². The number of hydrogen-bond donors (Lipinski definition) is 4. The third-order valence-corrected chi connectivity index (χ3v) is 4.36. The lowest BCUT2D eigenvalue weighted by atomic mass is 9.73. The molecule has 2 aromatic rings. The number of nitrogen functional groups attached to an aromatic ring is 2. The smallest absolute Gasteiger partial charge is 0.418 e. The fraction of sp³-hybridized carbons (Fsp3) is 0.294. The van der Waals surface area contributed by atoms with Crippen molar-refractivity contribution in [3.63, 3.8) is 0 Å². The highest BCUT2D eigenvalue weighted by Gasteiger charge is 2.45. The second kappa shape index (κ2) is 6.14. The van der Waals surface area contributed by atoms with Crippen LogP contribution in [-0.2, 0) is 17.8 Å². The van der Waals surface area contributed by atoms with Gasteiger partial charge < -0.3 is 21.7 Å². The van der Waals surface area contributed by atoms with Gasteiger partial charge in [-0.15, -0.1) is 0 Å². The van der Waals surface area contributed by atoms with Crippen molar-refractivity contribution in [2.24, 2.45) is 0 Å². The molecule has 0 aromatic heterocycles. The van der Waals surface area contributed by atoms with Crippen molar-refractivity contribution in [3.8, 4) is 11.5 Å². The molecule has 0 spiro atoms. The summed E-state index contributed by atoms with van der Waals surface area (Å²) in [7, 11) is 0. The SMILES string of the molecule is CC(C)(c1ccc(O)c(N)c1C(F)(F)F)c1ccc(O)c(N)c1C(F)(F)F. The standard InChI is InChI=1S/C17H16F6N2O2/c1-15(2,7-3-5-9(26)13(24)11(7)16(18,19)20)8-4-6-10(27)14(25)12(8)17(21,22)23/h3-6,26-27H,24-25H2,1-2H3. The summed E-state index contributed by atoms with van der Waals surface area (Å²) in [4.78, 5) is 0. The molecule has 2 aromatic carbocycles. The summed E-state index contributed by atoms with van der Waals surface area (Å²) in [5.74, 6) is -1.69. The van der Waals surface area contributed by atoms with Gasteiger partial charge in [0.2, 0.25) is 0 Å². The normalized spacial score (nSPS) is 13.0. The number of hydrogen-bond acceptors (Lipinski definition) is 4. The summed E-state index contributed by atoms with van der Waals surface area (Å²) in [5.41, 5.74) is 2.83. The monoisotopic (exact) mass is 394 g/mol. The number of benzene rings is 2. The molecular weight excluding hydrogens is 378 g/mol. The third kappa shape index (κ3) is 3.43. The quantitative estimate of drug-likeness (QED) is 0.340. The Kier molecular flexibility index (Phi) is 4.67. The fourth-order valence-electron chi connectivity index (χ4n) is 3.01. The van der Waals surface area contributed by atoms with E-state index in [-0.39, 0.29) is 0 Å². The van der Waals surface area contributed by atoms with Crippen molar-refractivity contribution in [2.45, 2.75) is 31.6 Å². The maximum Gasteiger partial charge on any atom is 0.418 e. The first kappa shape index (κ1) is 20.5. The molecule has 0 fully saturated rings. The van der Waals surface area contributed by atoms with Crippen LogP contribution in [0.4, 0.5) is 37.7 Å². The summed E-state index contributed by atoms with van der Waals surface area (Å²) < 4.78 is 81.2. The molecule has 0 bridgehead atoms. The number of phenolic OH excluding ortho intramolecular Hbond substituents is 2. The molecule has 0 aliphatic carbocycles. The summed E-state index contributed by atoms with van der Waals surface area (Å²) >= 11 is 0. The predicted octanol–water partition coefficient (Wildman–Crippen LogP) is 4.63. The van der Waals surface area contributed by atoms with Gasteiger partial charge in [-0.05, 0) is 23.3 Å². The summed E-state index contributed by atoms with van der Waals surface area (Å²) in [5, 5.41) is 19.1. The van der Waals surface area contributed by atoms with Crippen LogP contribution in [0.1, 0.15) is 36.1 Å². The van der Waals surface area contributed by atoms with Gasteiger partial charge in [0, 0.05) is 5.41 Å². The van der Waals surface area contributed by atoms with Gasteiger partial charge in [-0.1, -0.05) is 26.0 Å². The van der Waals surface area contributed by atoms with Crippen LogP contribution in [0, 0.1) is 0 Å². The molecule has 27 heavy (non-hydrogen) atoms. The van der Waals surface area contributed by atoms with Gasteiger partial charge in [-0.2, -0.15) is 26.3 Å². The predicted molar refractivity (Wildman–Crippen MR) is 87.2 cm³/mol. The molecule has 0 unspecified atom stereocenters. The van der Waals surface area contributed by atoms with Crippen LogP contribution in [-0.4, -0.2) is 10.2 Å². The number of phenols is 2. The number of rotatable bonds is 2. The minimum absolute atomic E-state index is 0.583. The molecule has 0 radical (unpaired) electrons. The summed E-state index contributed by atoms with van der Waals surface area (Å²) in [6, 6.07) is 3.47. The molecule has 0 aliphatic rings. The van der Waals surface area contributed by atoms with Crippen LogP contribution in [0.15, 0.2) is 24.3 Å². The first-order valence-corrected chi connectivity index (χ1v) is 7.48. The molecule has 148 valence electrons. The second-order valence-corrected chi connectivity index (χ2v) is 6.46. The van der Waals surface area contributed by atoms with Crippen LogP contribution in [0.25, 0.3) is 0 Å². The summed E-state index contributed by atoms with van der Waals surface area (Å²) in [6.07, 6.45) is -10.1. The Morgan fingerprint density at radius 2 is 0.963 bits per heavy atom. The highest BCUT2D eigenvalue weighted by atomic mass is 19.4. The maximum absolute atomic E-state index is 13.5. The Balaban J connectivity index is 2.91. The van der Waals surface area contributed by atoms with E-state index in [0.717, 1.165) is 38.1 Å². The summed E-state index contributed by atoms with van der Waals surface area (Å²) in [6.45, 7) is 2.27. The zero-order chi connectivity index (χ0) is 20.9. The molecule has 0 atom stereocenters. The molecule has 0 aliphatic heterocycles. The van der Waals surface area contributed by atoms with E-state index < -0.39 is 62.9 Å². The minimum Gasteiger partial charge on any atom is -0.506 e. The van der Waals surface area contributed by atoms with Gasteiger partial charge in [-0.3, -0.25) is 0 Å². The van der Waals surface area contributed by atoms with E-state index in [9.17, 15) is 36.6 Å². The Bertz CT molecular complexity index is 817. The average molecular weight is 394 g/mol. The second-order valence-electron chi connectivity index (χ2n) is 6.46. The molecule has 4 nitrogen and oxygen atoms in total. The van der Waals surface area contributed by atoms with Crippen LogP contribution in [0.5, 0.6) is 11.5 Å². The van der Waals surface area contributed by atoms with E-state index in [2.05, 4.69) is 0 Å². The van der Waals surface area contributed by atoms with Gasteiger partial charge in [0.05, 0.1) is 22.5 Å². The Labute approximate surface area is 150 Å². The molecule has 0 amide bonds. The highest BCUT2D eigenvalue weighted by Crippen LogP contribution is 2.50. The van der Waals surface area contributed by atoms with Crippen molar-refractivity contribution in [3.05, 3.63) is 46.5 Å². The molecule has 0 heterocycles. The number of nitrogens with two attached hydrogens (primary N) is 2. The molecular formula is C17H16F6N2O2. The molecule has 0 saturated carbocycles. The Hall–Kier alpha value is -2.78. The average Bonchev–Trinajstić information content (AvgIpc) is 2.49. The van der Waals surface area contributed by atoms with E-state index >= 15 is 0 Å². The zero-order valence-corrected chi connectivity index (χ0v) is 14.1.